The van der Waals surface area contributed by atoms with Gasteiger partial charge < -0.3 is 14.7 Å². The standard InChI is InChI=1S/C16H28N4/c1-7-20(6)13-15-10-8-9-14(11-15)12-17-16(18(2)3)19(4)5/h8-11H,7,12-13H2,1-6H3. The van der Waals surface area contributed by atoms with E-state index in [4.69, 9.17) is 0 Å². The Hall–Kier alpha value is -1.55. The summed E-state index contributed by atoms with van der Waals surface area (Å²) in [7, 11) is 10.2. The van der Waals surface area contributed by atoms with E-state index in [9.17, 15) is 0 Å². The van der Waals surface area contributed by atoms with Gasteiger partial charge in [-0.25, -0.2) is 4.99 Å². The molecule has 0 aliphatic heterocycles. The lowest BCUT2D eigenvalue weighted by atomic mass is 10.1. The molecule has 0 amide bonds. The minimum Gasteiger partial charge on any atom is -0.349 e. The van der Waals surface area contributed by atoms with Gasteiger partial charge in [0.05, 0.1) is 6.54 Å². The fraction of sp³-hybridized carbons (Fsp3) is 0.562. The van der Waals surface area contributed by atoms with Crippen LogP contribution in [0.1, 0.15) is 18.1 Å². The Morgan fingerprint density at radius 3 is 2.15 bits per heavy atom. The molecule has 0 aromatic heterocycles. The fourth-order valence-corrected chi connectivity index (χ4v) is 2.09. The highest BCUT2D eigenvalue weighted by Crippen LogP contribution is 2.09. The fourth-order valence-electron chi connectivity index (χ4n) is 2.09. The van der Waals surface area contributed by atoms with Crippen molar-refractivity contribution in [3.05, 3.63) is 35.4 Å². The van der Waals surface area contributed by atoms with Crippen LogP contribution in [0.5, 0.6) is 0 Å². The molecule has 1 aromatic carbocycles. The zero-order valence-electron chi connectivity index (χ0n) is 13.7. The number of hydrogen-bond donors (Lipinski definition) is 0. The van der Waals surface area contributed by atoms with Gasteiger partial charge in [-0.1, -0.05) is 31.2 Å². The Morgan fingerprint density at radius 2 is 1.60 bits per heavy atom. The second-order valence-electron chi connectivity index (χ2n) is 5.56. The average molecular weight is 276 g/mol. The molecule has 4 nitrogen and oxygen atoms in total. The zero-order chi connectivity index (χ0) is 15.1. The van der Waals surface area contributed by atoms with E-state index in [-0.39, 0.29) is 0 Å². The normalized spacial score (nSPS) is 10.6. The Bertz CT molecular complexity index is 428. The van der Waals surface area contributed by atoms with Gasteiger partial charge in [0, 0.05) is 34.7 Å². The quantitative estimate of drug-likeness (QED) is 0.607. The summed E-state index contributed by atoms with van der Waals surface area (Å²) < 4.78 is 0. The Kier molecular flexibility index (Phi) is 6.52. The molecule has 0 fully saturated rings. The summed E-state index contributed by atoms with van der Waals surface area (Å²) in [5.74, 6) is 0.987. The van der Waals surface area contributed by atoms with E-state index < -0.39 is 0 Å². The van der Waals surface area contributed by atoms with Crippen molar-refractivity contribution in [1.29, 1.82) is 0 Å². The second kappa shape index (κ2) is 7.90. The van der Waals surface area contributed by atoms with Gasteiger partial charge in [-0.05, 0) is 24.7 Å². The van der Waals surface area contributed by atoms with Gasteiger partial charge in [-0.2, -0.15) is 0 Å². The molecule has 0 saturated heterocycles. The van der Waals surface area contributed by atoms with Crippen LogP contribution in [-0.2, 0) is 13.1 Å². The highest BCUT2D eigenvalue weighted by atomic mass is 15.3. The molecule has 0 heterocycles. The summed E-state index contributed by atoms with van der Waals surface area (Å²) in [4.78, 5) is 11.1. The summed E-state index contributed by atoms with van der Waals surface area (Å²) in [5, 5.41) is 0. The molecular weight excluding hydrogens is 248 g/mol. The molecule has 112 valence electrons. The van der Waals surface area contributed by atoms with Crippen LogP contribution >= 0.6 is 0 Å². The summed E-state index contributed by atoms with van der Waals surface area (Å²) in [6, 6.07) is 8.69. The maximum absolute atomic E-state index is 4.69. The van der Waals surface area contributed by atoms with Crippen molar-refractivity contribution in [1.82, 2.24) is 14.7 Å². The third kappa shape index (κ3) is 5.21. The maximum Gasteiger partial charge on any atom is 0.195 e. The lowest BCUT2D eigenvalue weighted by Crippen LogP contribution is -2.35. The topological polar surface area (TPSA) is 22.1 Å². The van der Waals surface area contributed by atoms with Crippen molar-refractivity contribution in [2.45, 2.75) is 20.0 Å². The van der Waals surface area contributed by atoms with Gasteiger partial charge in [0.15, 0.2) is 5.96 Å². The predicted octanol–water partition coefficient (Wildman–Crippen LogP) is 2.12. The molecule has 0 unspecified atom stereocenters. The minimum absolute atomic E-state index is 0.718. The molecule has 0 spiro atoms. The van der Waals surface area contributed by atoms with Crippen molar-refractivity contribution >= 4 is 5.96 Å². The monoisotopic (exact) mass is 276 g/mol. The lowest BCUT2D eigenvalue weighted by Gasteiger charge is -2.22. The van der Waals surface area contributed by atoms with Gasteiger partial charge in [-0.3, -0.25) is 0 Å². The van der Waals surface area contributed by atoms with Crippen molar-refractivity contribution in [3.8, 4) is 0 Å². The summed E-state index contributed by atoms with van der Waals surface area (Å²) >= 11 is 0. The molecule has 0 radical (unpaired) electrons. The maximum atomic E-state index is 4.69. The molecule has 1 aromatic rings. The first-order valence-corrected chi connectivity index (χ1v) is 7.09. The lowest BCUT2D eigenvalue weighted by molar-refractivity contribution is 0.345. The molecule has 0 bridgehead atoms. The van der Waals surface area contributed by atoms with Crippen LogP contribution in [0.15, 0.2) is 29.3 Å². The third-order valence-electron chi connectivity index (χ3n) is 3.19. The summed E-state index contributed by atoms with van der Waals surface area (Å²) in [5.41, 5.74) is 2.60. The second-order valence-corrected chi connectivity index (χ2v) is 5.56. The average Bonchev–Trinajstić information content (AvgIpc) is 2.38. The van der Waals surface area contributed by atoms with Gasteiger partial charge >= 0.3 is 0 Å². The zero-order valence-corrected chi connectivity index (χ0v) is 13.7. The Labute approximate surface area is 123 Å². The van der Waals surface area contributed by atoms with Crippen LogP contribution in [0.25, 0.3) is 0 Å². The number of aliphatic imine (C=N–C) groups is 1. The van der Waals surface area contributed by atoms with E-state index in [0.29, 0.717) is 0 Å². The van der Waals surface area contributed by atoms with Crippen LogP contribution in [0.2, 0.25) is 0 Å². The summed E-state index contributed by atoms with van der Waals surface area (Å²) in [6.07, 6.45) is 0. The predicted molar refractivity (Wildman–Crippen MR) is 87.0 cm³/mol. The molecule has 0 aliphatic rings. The molecule has 0 N–H and O–H groups in total. The van der Waals surface area contributed by atoms with E-state index in [2.05, 4.69) is 48.1 Å². The minimum atomic E-state index is 0.718. The smallest absolute Gasteiger partial charge is 0.195 e. The van der Waals surface area contributed by atoms with Gasteiger partial charge in [0.1, 0.15) is 0 Å². The first-order chi connectivity index (χ1) is 9.43. The number of hydrogen-bond acceptors (Lipinski definition) is 2. The highest BCUT2D eigenvalue weighted by Gasteiger charge is 2.04. The third-order valence-corrected chi connectivity index (χ3v) is 3.19. The van der Waals surface area contributed by atoms with Crippen LogP contribution in [-0.4, -0.2) is 62.4 Å². The van der Waals surface area contributed by atoms with Crippen LogP contribution in [0, 0.1) is 0 Å². The summed E-state index contributed by atoms with van der Waals surface area (Å²) in [6.45, 7) is 4.94. The molecule has 0 aliphatic carbocycles. The van der Waals surface area contributed by atoms with Crippen molar-refractivity contribution in [2.24, 2.45) is 4.99 Å². The molecule has 1 rings (SSSR count). The van der Waals surface area contributed by atoms with Crippen LogP contribution < -0.4 is 0 Å². The van der Waals surface area contributed by atoms with E-state index in [1.54, 1.807) is 0 Å². The van der Waals surface area contributed by atoms with E-state index in [1.807, 2.05) is 38.0 Å². The number of guanidine groups is 1. The van der Waals surface area contributed by atoms with Crippen molar-refractivity contribution in [2.75, 3.05) is 41.8 Å². The molecule has 20 heavy (non-hydrogen) atoms. The molecule has 0 atom stereocenters. The molecular formula is C16H28N4. The first kappa shape index (κ1) is 16.5. The number of nitrogens with zero attached hydrogens (tertiary/aromatic N) is 4. The number of benzene rings is 1. The van der Waals surface area contributed by atoms with Crippen LogP contribution in [0.4, 0.5) is 0 Å². The molecule has 4 heteroatoms. The first-order valence-electron chi connectivity index (χ1n) is 7.09. The van der Waals surface area contributed by atoms with E-state index in [0.717, 1.165) is 25.6 Å². The van der Waals surface area contributed by atoms with Crippen molar-refractivity contribution in [3.63, 3.8) is 0 Å². The Morgan fingerprint density at radius 1 is 1.00 bits per heavy atom. The van der Waals surface area contributed by atoms with Crippen LogP contribution in [0.3, 0.4) is 0 Å². The largest absolute Gasteiger partial charge is 0.349 e. The van der Waals surface area contributed by atoms with Gasteiger partial charge in [-0.15, -0.1) is 0 Å². The highest BCUT2D eigenvalue weighted by molar-refractivity contribution is 5.79. The SMILES string of the molecule is CCN(C)Cc1cccc(CN=C(N(C)C)N(C)C)c1. The number of rotatable bonds is 5. The van der Waals surface area contributed by atoms with E-state index in [1.165, 1.54) is 11.1 Å². The van der Waals surface area contributed by atoms with Gasteiger partial charge in [0.25, 0.3) is 0 Å². The van der Waals surface area contributed by atoms with Crippen molar-refractivity contribution < 1.29 is 0 Å². The van der Waals surface area contributed by atoms with E-state index >= 15 is 0 Å². The van der Waals surface area contributed by atoms with Gasteiger partial charge in [0.2, 0.25) is 0 Å². The molecule has 0 saturated carbocycles. The Balaban J connectivity index is 2.77.